The van der Waals surface area contributed by atoms with Crippen molar-refractivity contribution in [2.45, 2.75) is 38.3 Å². The predicted octanol–water partition coefficient (Wildman–Crippen LogP) is 1.40. The van der Waals surface area contributed by atoms with Gasteiger partial charge in [-0.1, -0.05) is 31.0 Å². The van der Waals surface area contributed by atoms with E-state index in [-0.39, 0.29) is 6.61 Å². The van der Waals surface area contributed by atoms with Crippen LogP contribution in [0.25, 0.3) is 5.69 Å². The molecule has 21 heavy (non-hydrogen) atoms. The van der Waals surface area contributed by atoms with Crippen LogP contribution in [0.4, 0.5) is 0 Å². The Labute approximate surface area is 124 Å². The molecule has 6 nitrogen and oxygen atoms in total. The second kappa shape index (κ2) is 6.78. The standard InChI is InChI=1S/C15H21N5O/c21-11-10-19(13-6-4-5-7-13)12-15-16-17-18-20(15)14-8-2-1-3-9-14/h1-3,8-9,13,21H,4-7,10-12H2. The van der Waals surface area contributed by atoms with Crippen LogP contribution >= 0.6 is 0 Å². The molecule has 0 radical (unpaired) electrons. The van der Waals surface area contributed by atoms with Gasteiger partial charge in [-0.05, 0) is 35.4 Å². The molecule has 112 valence electrons. The topological polar surface area (TPSA) is 67.1 Å². The summed E-state index contributed by atoms with van der Waals surface area (Å²) in [6.45, 7) is 1.52. The molecular formula is C15H21N5O. The summed E-state index contributed by atoms with van der Waals surface area (Å²) in [6, 6.07) is 10.5. The van der Waals surface area contributed by atoms with E-state index in [0.29, 0.717) is 19.1 Å². The highest BCUT2D eigenvalue weighted by Gasteiger charge is 2.24. The molecule has 1 aliphatic carbocycles. The maximum absolute atomic E-state index is 9.31. The zero-order valence-electron chi connectivity index (χ0n) is 12.1. The van der Waals surface area contributed by atoms with E-state index in [4.69, 9.17) is 0 Å². The smallest absolute Gasteiger partial charge is 0.170 e. The van der Waals surface area contributed by atoms with Crippen LogP contribution in [0.5, 0.6) is 0 Å². The maximum atomic E-state index is 9.31. The molecular weight excluding hydrogens is 266 g/mol. The Hall–Kier alpha value is -1.79. The Bertz CT molecular complexity index is 550. The van der Waals surface area contributed by atoms with Gasteiger partial charge in [0.1, 0.15) is 0 Å². The number of aromatic nitrogens is 4. The van der Waals surface area contributed by atoms with Gasteiger partial charge in [0.25, 0.3) is 0 Å². The summed E-state index contributed by atoms with van der Waals surface area (Å²) in [4.78, 5) is 2.30. The molecule has 0 unspecified atom stereocenters. The van der Waals surface area contributed by atoms with Crippen molar-refractivity contribution in [3.8, 4) is 5.69 Å². The number of para-hydroxylation sites is 1. The molecule has 0 saturated heterocycles. The van der Waals surface area contributed by atoms with Gasteiger partial charge in [-0.25, -0.2) is 0 Å². The third-order valence-corrected chi connectivity index (χ3v) is 4.11. The first kappa shape index (κ1) is 14.2. The van der Waals surface area contributed by atoms with Gasteiger partial charge in [0.2, 0.25) is 0 Å². The quantitative estimate of drug-likeness (QED) is 0.870. The highest BCUT2D eigenvalue weighted by atomic mass is 16.3. The maximum Gasteiger partial charge on any atom is 0.170 e. The number of aliphatic hydroxyl groups excluding tert-OH is 1. The Balaban J connectivity index is 1.78. The Kier molecular flexibility index (Phi) is 4.57. The van der Waals surface area contributed by atoms with Gasteiger partial charge in [0.15, 0.2) is 5.82 Å². The summed E-state index contributed by atoms with van der Waals surface area (Å²) in [5.41, 5.74) is 0.966. The normalized spacial score (nSPS) is 15.9. The van der Waals surface area contributed by atoms with E-state index >= 15 is 0 Å². The van der Waals surface area contributed by atoms with Gasteiger partial charge in [-0.15, -0.1) is 5.10 Å². The minimum Gasteiger partial charge on any atom is -0.395 e. The average Bonchev–Trinajstić information content (AvgIpc) is 3.19. The monoisotopic (exact) mass is 287 g/mol. The first-order valence-electron chi connectivity index (χ1n) is 7.56. The van der Waals surface area contributed by atoms with E-state index in [2.05, 4.69) is 20.4 Å². The number of tetrazole rings is 1. The first-order valence-corrected chi connectivity index (χ1v) is 7.56. The van der Waals surface area contributed by atoms with E-state index in [0.717, 1.165) is 11.5 Å². The average molecular weight is 287 g/mol. The summed E-state index contributed by atoms with van der Waals surface area (Å²) in [5.74, 6) is 0.821. The second-order valence-corrected chi connectivity index (χ2v) is 5.47. The Morgan fingerprint density at radius 3 is 2.67 bits per heavy atom. The van der Waals surface area contributed by atoms with Crippen molar-refractivity contribution in [2.24, 2.45) is 0 Å². The molecule has 0 atom stereocenters. The summed E-state index contributed by atoms with van der Waals surface area (Å²) in [6.07, 6.45) is 4.95. The van der Waals surface area contributed by atoms with Crippen LogP contribution in [0.2, 0.25) is 0 Å². The lowest BCUT2D eigenvalue weighted by atomic mass is 10.2. The molecule has 1 aromatic carbocycles. The van der Waals surface area contributed by atoms with Crippen LogP contribution in [0, 0.1) is 0 Å². The van der Waals surface area contributed by atoms with E-state index in [1.807, 2.05) is 30.3 Å². The van der Waals surface area contributed by atoms with Crippen molar-refractivity contribution < 1.29 is 5.11 Å². The Morgan fingerprint density at radius 2 is 1.95 bits per heavy atom. The largest absolute Gasteiger partial charge is 0.395 e. The van der Waals surface area contributed by atoms with Crippen LogP contribution in [0.15, 0.2) is 30.3 Å². The van der Waals surface area contributed by atoms with Gasteiger partial charge in [0, 0.05) is 12.6 Å². The first-order chi connectivity index (χ1) is 10.4. The van der Waals surface area contributed by atoms with Crippen LogP contribution < -0.4 is 0 Å². The molecule has 0 amide bonds. The molecule has 6 heteroatoms. The van der Waals surface area contributed by atoms with E-state index in [1.54, 1.807) is 4.68 Å². The van der Waals surface area contributed by atoms with Crippen molar-refractivity contribution in [1.82, 2.24) is 25.1 Å². The zero-order valence-corrected chi connectivity index (χ0v) is 12.1. The van der Waals surface area contributed by atoms with E-state index < -0.39 is 0 Å². The van der Waals surface area contributed by atoms with Gasteiger partial charge in [0.05, 0.1) is 18.8 Å². The molecule has 1 N–H and O–H groups in total. The molecule has 1 fully saturated rings. The molecule has 0 bridgehead atoms. The number of nitrogens with zero attached hydrogens (tertiary/aromatic N) is 5. The number of benzene rings is 1. The Morgan fingerprint density at radius 1 is 1.19 bits per heavy atom. The summed E-state index contributed by atoms with van der Waals surface area (Å²) in [7, 11) is 0. The minimum atomic E-state index is 0.170. The fourth-order valence-electron chi connectivity index (χ4n) is 3.04. The van der Waals surface area contributed by atoms with E-state index in [1.165, 1.54) is 25.7 Å². The highest BCUT2D eigenvalue weighted by molar-refractivity contribution is 5.30. The van der Waals surface area contributed by atoms with Gasteiger partial charge in [-0.3, -0.25) is 4.90 Å². The van der Waals surface area contributed by atoms with Crippen LogP contribution in [-0.4, -0.2) is 49.4 Å². The van der Waals surface area contributed by atoms with Crippen LogP contribution in [0.1, 0.15) is 31.5 Å². The van der Waals surface area contributed by atoms with Crippen molar-refractivity contribution in [1.29, 1.82) is 0 Å². The van der Waals surface area contributed by atoms with Gasteiger partial charge < -0.3 is 5.11 Å². The lowest BCUT2D eigenvalue weighted by Gasteiger charge is -2.27. The van der Waals surface area contributed by atoms with E-state index in [9.17, 15) is 5.11 Å². The summed E-state index contributed by atoms with van der Waals surface area (Å²) in [5, 5.41) is 21.4. The molecule has 1 aliphatic rings. The molecule has 0 spiro atoms. The third kappa shape index (κ3) is 3.28. The number of hydrogen-bond donors (Lipinski definition) is 1. The van der Waals surface area contributed by atoms with Gasteiger partial charge >= 0.3 is 0 Å². The lowest BCUT2D eigenvalue weighted by Crippen LogP contribution is -2.36. The zero-order chi connectivity index (χ0) is 14.5. The third-order valence-electron chi connectivity index (χ3n) is 4.11. The summed E-state index contributed by atoms with van der Waals surface area (Å²) >= 11 is 0. The molecule has 3 rings (SSSR count). The van der Waals surface area contributed by atoms with Crippen molar-refractivity contribution >= 4 is 0 Å². The predicted molar refractivity (Wildman–Crippen MR) is 78.9 cm³/mol. The SMILES string of the molecule is OCCN(Cc1nnnn1-c1ccccc1)C1CCCC1. The fraction of sp³-hybridized carbons (Fsp3) is 0.533. The number of aliphatic hydroxyl groups is 1. The second-order valence-electron chi connectivity index (χ2n) is 5.47. The molecule has 1 saturated carbocycles. The van der Waals surface area contributed by atoms with Crippen molar-refractivity contribution in [3.63, 3.8) is 0 Å². The molecule has 1 aromatic heterocycles. The van der Waals surface area contributed by atoms with Crippen molar-refractivity contribution in [3.05, 3.63) is 36.2 Å². The highest BCUT2D eigenvalue weighted by Crippen LogP contribution is 2.24. The number of hydrogen-bond acceptors (Lipinski definition) is 5. The van der Waals surface area contributed by atoms with Gasteiger partial charge in [-0.2, -0.15) is 4.68 Å². The van der Waals surface area contributed by atoms with Crippen LogP contribution in [0.3, 0.4) is 0 Å². The minimum absolute atomic E-state index is 0.170. The number of rotatable bonds is 6. The van der Waals surface area contributed by atoms with Crippen LogP contribution in [-0.2, 0) is 6.54 Å². The fourth-order valence-corrected chi connectivity index (χ4v) is 3.04. The van der Waals surface area contributed by atoms with Crippen molar-refractivity contribution in [2.75, 3.05) is 13.2 Å². The lowest BCUT2D eigenvalue weighted by molar-refractivity contribution is 0.141. The molecule has 0 aliphatic heterocycles. The summed E-state index contributed by atoms with van der Waals surface area (Å²) < 4.78 is 1.78. The molecule has 2 aromatic rings. The molecule has 1 heterocycles.